The molecule has 368 valence electrons. The highest BCUT2D eigenvalue weighted by atomic mass is 15.5. The average Bonchev–Trinajstić information content (AvgIpc) is 3.79. The van der Waals surface area contributed by atoms with Crippen LogP contribution in [0.15, 0.2) is 133 Å². The lowest BCUT2D eigenvalue weighted by atomic mass is 9.87. The maximum Gasteiger partial charge on any atom is 0.166 e. The Kier molecular flexibility index (Phi) is 13.1. The Morgan fingerprint density at radius 1 is 0.257 bits per heavy atom. The summed E-state index contributed by atoms with van der Waals surface area (Å²) in [5.74, 6) is 3.51. The van der Waals surface area contributed by atoms with Gasteiger partial charge in [0.25, 0.3) is 0 Å². The summed E-state index contributed by atoms with van der Waals surface area (Å²) >= 11 is 0. The van der Waals surface area contributed by atoms with E-state index < -0.39 is 0 Å². The van der Waals surface area contributed by atoms with Gasteiger partial charge in [-0.25, -0.2) is 0 Å². The van der Waals surface area contributed by atoms with E-state index in [1.165, 1.54) is 67.3 Å². The zero-order valence-electron chi connectivity index (χ0n) is 46.6. The van der Waals surface area contributed by atoms with Gasteiger partial charge in [-0.2, -0.15) is 0 Å². The zero-order valence-corrected chi connectivity index (χ0v) is 46.6. The van der Waals surface area contributed by atoms with Gasteiger partial charge in [0.15, 0.2) is 11.6 Å². The Labute approximate surface area is 424 Å². The predicted octanol–water partition coefficient (Wildman–Crippen LogP) is 19.8. The predicted molar refractivity (Wildman–Crippen MR) is 305 cm³/mol. The fraction of sp³-hybridized carbons (Fsp3) is 0.424. The van der Waals surface area contributed by atoms with Crippen molar-refractivity contribution in [3.05, 3.63) is 177 Å². The van der Waals surface area contributed by atoms with Crippen LogP contribution < -0.4 is 19.6 Å². The molecule has 0 saturated heterocycles. The molecular formula is C66H84N4. The molecule has 2 aliphatic rings. The lowest BCUT2D eigenvalue weighted by Crippen LogP contribution is -2.33. The van der Waals surface area contributed by atoms with E-state index in [-0.39, 0.29) is 21.7 Å². The van der Waals surface area contributed by atoms with Crippen LogP contribution in [0.3, 0.4) is 0 Å². The van der Waals surface area contributed by atoms with Crippen LogP contribution in [0, 0.1) is 0 Å². The van der Waals surface area contributed by atoms with E-state index in [9.17, 15) is 0 Å². The minimum absolute atomic E-state index is 0.00191. The molecule has 0 unspecified atom stereocenters. The first-order valence-corrected chi connectivity index (χ1v) is 26.3. The summed E-state index contributed by atoms with van der Waals surface area (Å²) < 4.78 is 0. The summed E-state index contributed by atoms with van der Waals surface area (Å²) in [5.41, 5.74) is 20.1. The van der Waals surface area contributed by atoms with Crippen LogP contribution in [-0.4, -0.2) is 0 Å². The lowest BCUT2D eigenvalue weighted by Gasteiger charge is -2.35. The Morgan fingerprint density at radius 2 is 0.414 bits per heavy atom. The minimum Gasteiger partial charge on any atom is -0.291 e. The van der Waals surface area contributed by atoms with Gasteiger partial charge in [-0.15, -0.1) is 0 Å². The lowest BCUT2D eigenvalue weighted by molar-refractivity contribution is 0.590. The van der Waals surface area contributed by atoms with Crippen molar-refractivity contribution in [2.45, 2.75) is 184 Å². The largest absolute Gasteiger partial charge is 0.291 e. The molecule has 2 aliphatic heterocycles. The summed E-state index contributed by atoms with van der Waals surface area (Å²) in [4.78, 5) is 10.4. The normalized spacial score (nSPS) is 14.6. The van der Waals surface area contributed by atoms with Crippen LogP contribution in [0.5, 0.6) is 0 Å². The van der Waals surface area contributed by atoms with Gasteiger partial charge in [0.05, 0.1) is 22.7 Å². The van der Waals surface area contributed by atoms with E-state index in [1.54, 1.807) is 0 Å². The highest BCUT2D eigenvalue weighted by Gasteiger charge is 2.46. The molecule has 0 saturated carbocycles. The molecule has 0 aliphatic carbocycles. The van der Waals surface area contributed by atoms with Crippen molar-refractivity contribution in [3.8, 4) is 0 Å². The second-order valence-corrected chi connectivity index (χ2v) is 25.7. The number of hydrogen-bond acceptors (Lipinski definition) is 4. The van der Waals surface area contributed by atoms with Crippen molar-refractivity contribution < 1.29 is 0 Å². The van der Waals surface area contributed by atoms with Crippen molar-refractivity contribution in [1.82, 2.24) is 0 Å². The van der Waals surface area contributed by atoms with Crippen molar-refractivity contribution in [2.75, 3.05) is 19.6 Å². The van der Waals surface area contributed by atoms with Gasteiger partial charge in [0.1, 0.15) is 0 Å². The van der Waals surface area contributed by atoms with Crippen molar-refractivity contribution in [2.24, 2.45) is 0 Å². The number of rotatable bonds is 8. The van der Waals surface area contributed by atoms with E-state index in [0.717, 1.165) is 34.4 Å². The molecule has 0 fully saturated rings. The molecule has 6 aromatic carbocycles. The number of hydrogen-bond donors (Lipinski definition) is 0. The van der Waals surface area contributed by atoms with Crippen LogP contribution in [0.1, 0.15) is 207 Å². The van der Waals surface area contributed by atoms with Gasteiger partial charge in [-0.3, -0.25) is 19.6 Å². The quantitative estimate of drug-likeness (QED) is 0.151. The topological polar surface area (TPSA) is 13.0 Å². The highest BCUT2D eigenvalue weighted by Crippen LogP contribution is 2.59. The van der Waals surface area contributed by atoms with Crippen LogP contribution in [0.25, 0.3) is 0 Å². The molecule has 0 radical (unpaired) electrons. The third-order valence-corrected chi connectivity index (χ3v) is 14.8. The van der Waals surface area contributed by atoms with Gasteiger partial charge < -0.3 is 0 Å². The Morgan fingerprint density at radius 3 is 0.543 bits per heavy atom. The number of fused-ring (bicyclic) bond motifs is 2. The fourth-order valence-electron chi connectivity index (χ4n) is 10.5. The molecule has 0 amide bonds. The molecule has 4 heteroatoms. The van der Waals surface area contributed by atoms with Crippen LogP contribution in [0.4, 0.5) is 45.5 Å². The second-order valence-electron chi connectivity index (χ2n) is 25.7. The van der Waals surface area contributed by atoms with Crippen molar-refractivity contribution >= 4 is 45.5 Å². The van der Waals surface area contributed by atoms with Crippen LogP contribution in [0.2, 0.25) is 0 Å². The third kappa shape index (κ3) is 9.33. The van der Waals surface area contributed by atoms with Crippen LogP contribution >= 0.6 is 0 Å². The maximum atomic E-state index is 2.59. The van der Waals surface area contributed by atoms with Gasteiger partial charge in [0.2, 0.25) is 0 Å². The first kappa shape index (κ1) is 50.6. The Hall–Kier alpha value is -5.74. The van der Waals surface area contributed by atoms with Crippen LogP contribution in [-0.2, 0) is 21.7 Å². The van der Waals surface area contributed by atoms with E-state index in [2.05, 4.69) is 279 Å². The molecule has 0 bridgehead atoms. The molecule has 4 nitrogen and oxygen atoms in total. The third-order valence-electron chi connectivity index (χ3n) is 14.8. The summed E-state index contributed by atoms with van der Waals surface area (Å²) in [5, 5.41) is 0. The Bertz CT molecular complexity index is 2480. The minimum atomic E-state index is 0.00191. The monoisotopic (exact) mass is 933 g/mol. The molecule has 70 heavy (non-hydrogen) atoms. The summed E-state index contributed by atoms with van der Waals surface area (Å²) in [6.45, 7) is 46.5. The van der Waals surface area contributed by atoms with E-state index in [1.807, 2.05) is 0 Å². The molecule has 2 heterocycles. The first-order valence-electron chi connectivity index (χ1n) is 26.3. The number of benzene rings is 6. The fourth-order valence-corrected chi connectivity index (χ4v) is 10.5. The highest BCUT2D eigenvalue weighted by molar-refractivity contribution is 6.01. The van der Waals surface area contributed by atoms with Gasteiger partial charge in [0, 0.05) is 22.7 Å². The maximum absolute atomic E-state index is 2.59. The second kappa shape index (κ2) is 18.1. The standard InChI is InChI=1S/C66H84N4/c1-41(2)53-37-57-58(38-54(53)42(3)4)68(50-31-23-46(24-32-50)64(12,13)14)61(67(57)49-29-21-45(22-30-49)63(9,10)11)62-69(51-33-25-47(26-34-51)65(15,16)17)59-39-55(43(5)6)56(44(7)8)40-60(59)70(62)52-35-27-48(28-36-52)66(18,19)20/h21-44H,1-20H3. The number of anilines is 8. The SMILES string of the molecule is CC(C)c1cc2c(cc1C(C)C)N(c1ccc(C(C)(C)C)cc1)C(=C1N(c3ccc(C(C)(C)C)cc3)c3cc(C(C)C)c(C(C)C)cc3N1c1ccc(C(C)(C)C)cc1)N2c1ccc(C(C)(C)C)cc1. The molecule has 0 spiro atoms. The van der Waals surface area contributed by atoms with E-state index >= 15 is 0 Å². The molecular weight excluding hydrogens is 849 g/mol. The molecule has 6 aromatic rings. The van der Waals surface area contributed by atoms with Gasteiger partial charge in [-0.05, 0) is 163 Å². The summed E-state index contributed by atoms with van der Waals surface area (Å²) in [6, 6.07) is 47.8. The van der Waals surface area contributed by atoms with Crippen molar-refractivity contribution in [1.29, 1.82) is 0 Å². The zero-order chi connectivity index (χ0) is 51.2. The first-order chi connectivity index (χ1) is 32.6. The molecule has 0 aromatic heterocycles. The van der Waals surface area contributed by atoms with Crippen molar-refractivity contribution in [3.63, 3.8) is 0 Å². The molecule has 0 N–H and O–H groups in total. The smallest absolute Gasteiger partial charge is 0.166 e. The average molecular weight is 933 g/mol. The molecule has 8 rings (SSSR count). The van der Waals surface area contributed by atoms with E-state index in [4.69, 9.17) is 0 Å². The van der Waals surface area contributed by atoms with E-state index in [0.29, 0.717) is 23.7 Å². The Balaban J connectivity index is 1.60. The summed E-state index contributed by atoms with van der Waals surface area (Å²) in [6.07, 6.45) is 0. The van der Waals surface area contributed by atoms with Gasteiger partial charge >= 0.3 is 0 Å². The van der Waals surface area contributed by atoms with Gasteiger partial charge in [-0.1, -0.05) is 187 Å². The number of nitrogens with zero attached hydrogens (tertiary/aromatic N) is 4. The summed E-state index contributed by atoms with van der Waals surface area (Å²) in [7, 11) is 0. The molecule has 0 atom stereocenters.